The van der Waals surface area contributed by atoms with Crippen molar-refractivity contribution in [2.45, 2.75) is 91.4 Å². The zero-order valence-electron chi connectivity index (χ0n) is 23.9. The number of halogens is 1. The zero-order valence-corrected chi connectivity index (χ0v) is 23.9. The van der Waals surface area contributed by atoms with Crippen LogP contribution in [0.3, 0.4) is 0 Å². The molecule has 0 aliphatic heterocycles. The van der Waals surface area contributed by atoms with Crippen LogP contribution in [0, 0.1) is 24.1 Å². The van der Waals surface area contributed by atoms with Crippen LogP contribution in [0.5, 0.6) is 0 Å². The van der Waals surface area contributed by atoms with Crippen LogP contribution in [-0.4, -0.2) is 58.3 Å². The van der Waals surface area contributed by atoms with Gasteiger partial charge in [-0.1, -0.05) is 39.8 Å². The van der Waals surface area contributed by atoms with Crippen LogP contribution in [-0.2, 0) is 6.42 Å². The highest BCUT2D eigenvalue weighted by Crippen LogP contribution is 2.17. The number of unbranched alkanes of at least 4 members (excludes halogenated alkanes) is 1. The van der Waals surface area contributed by atoms with Crippen molar-refractivity contribution in [2.24, 2.45) is 0 Å². The predicted molar refractivity (Wildman–Crippen MR) is 152 cm³/mol. The number of aryl methyl sites for hydroxylation is 1. The average Bonchev–Trinajstić information content (AvgIpc) is 2.92. The first-order valence-electron chi connectivity index (χ1n) is 13.9. The van der Waals surface area contributed by atoms with Gasteiger partial charge in [-0.25, -0.2) is 4.39 Å². The van der Waals surface area contributed by atoms with E-state index in [2.05, 4.69) is 5.32 Å². The van der Waals surface area contributed by atoms with Gasteiger partial charge < -0.3 is 20.4 Å². The van der Waals surface area contributed by atoms with Gasteiger partial charge in [0, 0.05) is 30.6 Å². The van der Waals surface area contributed by atoms with Gasteiger partial charge in [0.15, 0.2) is 0 Å². The second-order valence-corrected chi connectivity index (χ2v) is 9.40. The summed E-state index contributed by atoms with van der Waals surface area (Å²) < 4.78 is 13.8. The summed E-state index contributed by atoms with van der Waals surface area (Å²) in [5.41, 5.74) is 1.95. The quantitative estimate of drug-likeness (QED) is 0.285. The molecule has 3 unspecified atom stereocenters. The molecule has 0 spiro atoms. The van der Waals surface area contributed by atoms with E-state index in [1.54, 1.807) is 30.0 Å². The smallest absolute Gasteiger partial charge is 0.253 e. The van der Waals surface area contributed by atoms with Crippen molar-refractivity contribution in [2.75, 3.05) is 13.1 Å². The Hall–Kier alpha value is -3.28. The molecule has 0 bridgehead atoms. The van der Waals surface area contributed by atoms with Gasteiger partial charge in [0.25, 0.3) is 11.8 Å². The number of nitriles is 1. The van der Waals surface area contributed by atoms with E-state index in [0.717, 1.165) is 18.4 Å². The molecule has 0 aromatic heterocycles. The SMILES string of the molecule is CC.CCCN(CCC)C(=O)c1cc(C)cc(C(=O)NC(Cc2cccc(F)c2)C(O)C(O)CCCC#N)c1. The fourth-order valence-corrected chi connectivity index (χ4v) is 4.33. The number of carbonyl (C=O) groups is 2. The maximum absolute atomic E-state index is 13.8. The monoisotopic (exact) mass is 541 g/mol. The maximum Gasteiger partial charge on any atom is 0.253 e. The first-order valence-corrected chi connectivity index (χ1v) is 13.9. The van der Waals surface area contributed by atoms with Gasteiger partial charge in [0.1, 0.15) is 11.9 Å². The molecule has 2 aromatic rings. The summed E-state index contributed by atoms with van der Waals surface area (Å²) in [5.74, 6) is -1.11. The second kappa shape index (κ2) is 18.1. The third-order valence-electron chi connectivity index (χ3n) is 6.12. The van der Waals surface area contributed by atoms with Crippen LogP contribution in [0.4, 0.5) is 4.39 Å². The van der Waals surface area contributed by atoms with Crippen molar-refractivity contribution in [1.82, 2.24) is 10.2 Å². The number of rotatable bonds is 14. The molecule has 2 amide bonds. The highest BCUT2D eigenvalue weighted by Gasteiger charge is 2.29. The fourth-order valence-electron chi connectivity index (χ4n) is 4.33. The average molecular weight is 542 g/mol. The van der Waals surface area contributed by atoms with Crippen LogP contribution in [0.15, 0.2) is 42.5 Å². The Morgan fingerprint density at radius 1 is 1.05 bits per heavy atom. The predicted octanol–water partition coefficient (Wildman–Crippen LogP) is 5.18. The minimum Gasteiger partial charge on any atom is -0.390 e. The molecule has 0 aliphatic carbocycles. The molecule has 2 aromatic carbocycles. The first-order chi connectivity index (χ1) is 18.7. The van der Waals surface area contributed by atoms with Gasteiger partial charge in [0.05, 0.1) is 18.2 Å². The first kappa shape index (κ1) is 33.7. The van der Waals surface area contributed by atoms with Gasteiger partial charge in [-0.2, -0.15) is 5.26 Å². The van der Waals surface area contributed by atoms with E-state index in [9.17, 15) is 24.2 Å². The summed E-state index contributed by atoms with van der Waals surface area (Å²) in [6.07, 6.45) is 0.00140. The van der Waals surface area contributed by atoms with Crippen molar-refractivity contribution in [3.05, 3.63) is 70.5 Å². The summed E-state index contributed by atoms with van der Waals surface area (Å²) >= 11 is 0. The summed E-state index contributed by atoms with van der Waals surface area (Å²) in [6, 6.07) is 11.8. The van der Waals surface area contributed by atoms with Gasteiger partial charge >= 0.3 is 0 Å². The van der Waals surface area contributed by atoms with Crippen molar-refractivity contribution >= 4 is 11.8 Å². The lowest BCUT2D eigenvalue weighted by Gasteiger charge is -2.28. The number of carbonyl (C=O) groups excluding carboxylic acids is 2. The third-order valence-corrected chi connectivity index (χ3v) is 6.12. The van der Waals surface area contributed by atoms with E-state index in [-0.39, 0.29) is 30.7 Å². The van der Waals surface area contributed by atoms with Gasteiger partial charge in [0.2, 0.25) is 0 Å². The number of amides is 2. The molecular weight excluding hydrogens is 497 g/mol. The molecule has 0 aliphatic rings. The number of nitrogens with zero attached hydrogens (tertiary/aromatic N) is 2. The Labute approximate surface area is 232 Å². The molecule has 0 heterocycles. The molecule has 7 nitrogen and oxygen atoms in total. The number of nitrogens with one attached hydrogen (secondary N) is 1. The van der Waals surface area contributed by atoms with E-state index < -0.39 is 30.0 Å². The molecule has 0 saturated carbocycles. The molecule has 8 heteroatoms. The molecule has 39 heavy (non-hydrogen) atoms. The summed E-state index contributed by atoms with van der Waals surface area (Å²) in [7, 11) is 0. The Morgan fingerprint density at radius 3 is 2.28 bits per heavy atom. The molecule has 0 saturated heterocycles. The normalized spacial score (nSPS) is 12.8. The molecular formula is C31H44FN3O4. The van der Waals surface area contributed by atoms with Crippen molar-refractivity contribution in [3.63, 3.8) is 0 Å². The lowest BCUT2D eigenvalue weighted by atomic mass is 9.94. The number of hydrogen-bond donors (Lipinski definition) is 3. The molecule has 3 atom stereocenters. The minimum atomic E-state index is -1.35. The van der Waals surface area contributed by atoms with Gasteiger partial charge in [-0.05, 0) is 80.5 Å². The lowest BCUT2D eigenvalue weighted by Crippen LogP contribution is -2.49. The number of aliphatic hydroxyl groups is 2. The second-order valence-electron chi connectivity index (χ2n) is 9.40. The fraction of sp³-hybridized carbons (Fsp3) is 0.516. The van der Waals surface area contributed by atoms with Gasteiger partial charge in [-0.3, -0.25) is 9.59 Å². The largest absolute Gasteiger partial charge is 0.390 e. The summed E-state index contributed by atoms with van der Waals surface area (Å²) in [4.78, 5) is 28.2. The van der Waals surface area contributed by atoms with Gasteiger partial charge in [-0.15, -0.1) is 0 Å². The molecule has 0 fully saturated rings. The van der Waals surface area contributed by atoms with E-state index in [4.69, 9.17) is 5.26 Å². The summed E-state index contributed by atoms with van der Waals surface area (Å²) in [6.45, 7) is 11.0. The van der Waals surface area contributed by atoms with E-state index in [1.807, 2.05) is 33.8 Å². The zero-order chi connectivity index (χ0) is 29.4. The topological polar surface area (TPSA) is 114 Å². The third kappa shape index (κ3) is 11.2. The van der Waals surface area contributed by atoms with Crippen LogP contribution >= 0.6 is 0 Å². The lowest BCUT2D eigenvalue weighted by molar-refractivity contribution is -0.00789. The van der Waals surface area contributed by atoms with Crippen LogP contribution in [0.25, 0.3) is 0 Å². The highest BCUT2D eigenvalue weighted by atomic mass is 19.1. The molecule has 3 N–H and O–H groups in total. The van der Waals surface area contributed by atoms with Crippen LogP contribution in [0.1, 0.15) is 91.6 Å². The highest BCUT2D eigenvalue weighted by molar-refractivity contribution is 6.00. The Balaban J connectivity index is 0.00000371. The molecule has 0 radical (unpaired) electrons. The van der Waals surface area contributed by atoms with E-state index >= 15 is 0 Å². The van der Waals surface area contributed by atoms with Crippen LogP contribution in [0.2, 0.25) is 0 Å². The minimum absolute atomic E-state index is 0.0817. The number of hydrogen-bond acceptors (Lipinski definition) is 5. The molecule has 214 valence electrons. The van der Waals surface area contributed by atoms with Crippen LogP contribution < -0.4 is 5.32 Å². The van der Waals surface area contributed by atoms with E-state index in [0.29, 0.717) is 30.6 Å². The Morgan fingerprint density at radius 2 is 1.69 bits per heavy atom. The number of benzene rings is 2. The standard InChI is InChI=1S/C29H38FN3O4.C2H6/c1-4-13-33(14-5-2)29(37)23-16-20(3)15-22(19-23)28(36)32-25(18-21-9-8-10-24(30)17-21)27(35)26(34)11-6-7-12-31;1-2/h8-10,15-17,19,25-27,34-35H,4-7,11,13-14,18H2,1-3H3,(H,32,36);1-2H3. The number of aliphatic hydroxyl groups excluding tert-OH is 2. The van der Waals surface area contributed by atoms with Crippen molar-refractivity contribution in [1.29, 1.82) is 5.26 Å². The maximum atomic E-state index is 13.8. The van der Waals surface area contributed by atoms with E-state index in [1.165, 1.54) is 24.3 Å². The van der Waals surface area contributed by atoms with Crippen molar-refractivity contribution < 1.29 is 24.2 Å². The summed E-state index contributed by atoms with van der Waals surface area (Å²) in [5, 5.41) is 32.9. The Kier molecular flexibility index (Phi) is 15.7. The molecule has 2 rings (SSSR count). The van der Waals surface area contributed by atoms with Crippen molar-refractivity contribution in [3.8, 4) is 6.07 Å². The Bertz CT molecular complexity index is 1080.